The summed E-state index contributed by atoms with van der Waals surface area (Å²) in [5, 5.41) is 0. The molecule has 3 N–H and O–H groups in total. The minimum atomic E-state index is -0.255. The molecule has 0 saturated carbocycles. The van der Waals surface area contributed by atoms with E-state index < -0.39 is 0 Å². The average molecular weight is 305 g/mol. The van der Waals surface area contributed by atoms with Crippen LogP contribution in [0.15, 0.2) is 66.7 Å². The number of hydrogen-bond donors (Lipinski definition) is 2. The van der Waals surface area contributed by atoms with E-state index >= 15 is 0 Å². The van der Waals surface area contributed by atoms with E-state index in [4.69, 9.17) is 5.73 Å². The van der Waals surface area contributed by atoms with Crippen molar-refractivity contribution in [1.82, 2.24) is 4.98 Å². The predicted octanol–water partition coefficient (Wildman–Crippen LogP) is 3.39. The first-order valence-electron chi connectivity index (χ1n) is 7.08. The summed E-state index contributed by atoms with van der Waals surface area (Å²) in [4.78, 5) is 28.1. The molecule has 3 rings (SSSR count). The largest absolute Gasteiger partial charge is 0.399 e. The SMILES string of the molecule is Nc1ccc(N(C(=O)c2ccc(C=O)[nH]2)c2ccccc2)cc1. The van der Waals surface area contributed by atoms with Crippen molar-refractivity contribution >= 4 is 29.3 Å². The summed E-state index contributed by atoms with van der Waals surface area (Å²) in [6.07, 6.45) is 0.673. The Bertz CT molecular complexity index is 823. The normalized spacial score (nSPS) is 10.3. The topological polar surface area (TPSA) is 79.2 Å². The fourth-order valence-corrected chi connectivity index (χ4v) is 2.31. The lowest BCUT2D eigenvalue weighted by atomic mass is 10.2. The Morgan fingerprint density at radius 3 is 2.17 bits per heavy atom. The molecule has 1 heterocycles. The molecule has 5 nitrogen and oxygen atoms in total. The number of benzene rings is 2. The molecule has 0 unspecified atom stereocenters. The number of aromatic amines is 1. The van der Waals surface area contributed by atoms with E-state index in [-0.39, 0.29) is 5.91 Å². The Hall–Kier alpha value is -3.34. The zero-order valence-electron chi connectivity index (χ0n) is 12.3. The summed E-state index contributed by atoms with van der Waals surface area (Å²) in [6.45, 7) is 0. The zero-order chi connectivity index (χ0) is 16.2. The van der Waals surface area contributed by atoms with E-state index in [2.05, 4.69) is 4.98 Å². The molecule has 23 heavy (non-hydrogen) atoms. The second kappa shape index (κ2) is 6.19. The molecule has 0 saturated heterocycles. The molecule has 0 atom stereocenters. The minimum Gasteiger partial charge on any atom is -0.399 e. The number of nitrogen functional groups attached to an aromatic ring is 1. The number of carbonyl (C=O) groups excluding carboxylic acids is 2. The Labute approximate surface area is 133 Å². The molecule has 3 aromatic rings. The first kappa shape index (κ1) is 14.6. The van der Waals surface area contributed by atoms with E-state index in [0.717, 1.165) is 5.69 Å². The number of amides is 1. The van der Waals surface area contributed by atoms with Crippen molar-refractivity contribution in [1.29, 1.82) is 0 Å². The summed E-state index contributed by atoms with van der Waals surface area (Å²) < 4.78 is 0. The number of aldehydes is 1. The van der Waals surface area contributed by atoms with Crippen molar-refractivity contribution in [3.05, 3.63) is 78.1 Å². The third-order valence-electron chi connectivity index (χ3n) is 3.43. The van der Waals surface area contributed by atoms with Crippen molar-refractivity contribution in [2.45, 2.75) is 0 Å². The van der Waals surface area contributed by atoms with E-state index in [1.807, 2.05) is 30.3 Å². The number of nitrogens with two attached hydrogens (primary N) is 1. The van der Waals surface area contributed by atoms with E-state index in [1.165, 1.54) is 0 Å². The lowest BCUT2D eigenvalue weighted by Crippen LogP contribution is -2.26. The maximum atomic E-state index is 12.9. The average Bonchev–Trinajstić information content (AvgIpc) is 3.07. The molecule has 0 aliphatic heterocycles. The van der Waals surface area contributed by atoms with Gasteiger partial charge in [-0.1, -0.05) is 18.2 Å². The van der Waals surface area contributed by atoms with Gasteiger partial charge in [-0.25, -0.2) is 0 Å². The van der Waals surface area contributed by atoms with Gasteiger partial charge in [0.15, 0.2) is 6.29 Å². The fourth-order valence-electron chi connectivity index (χ4n) is 2.31. The molecule has 0 spiro atoms. The molecule has 2 aromatic carbocycles. The smallest absolute Gasteiger partial charge is 0.279 e. The molecule has 0 aliphatic carbocycles. The first-order valence-corrected chi connectivity index (χ1v) is 7.08. The van der Waals surface area contributed by atoms with Gasteiger partial charge in [-0.3, -0.25) is 14.5 Å². The van der Waals surface area contributed by atoms with Gasteiger partial charge in [0.05, 0.1) is 5.69 Å². The van der Waals surface area contributed by atoms with Crippen LogP contribution in [0.4, 0.5) is 17.1 Å². The predicted molar refractivity (Wildman–Crippen MR) is 89.9 cm³/mol. The number of H-pyrrole nitrogens is 1. The Kier molecular flexibility index (Phi) is 3.93. The quantitative estimate of drug-likeness (QED) is 0.573. The number of nitrogens with zero attached hydrogens (tertiary/aromatic N) is 1. The molecule has 0 radical (unpaired) electrons. The van der Waals surface area contributed by atoms with Crippen LogP contribution in [0.5, 0.6) is 0 Å². The molecule has 5 heteroatoms. The van der Waals surface area contributed by atoms with Gasteiger partial charge in [0.2, 0.25) is 0 Å². The highest BCUT2D eigenvalue weighted by Gasteiger charge is 2.21. The summed E-state index contributed by atoms with van der Waals surface area (Å²) in [7, 11) is 0. The van der Waals surface area contributed by atoms with Crippen LogP contribution in [-0.4, -0.2) is 17.2 Å². The van der Waals surface area contributed by atoms with Crippen LogP contribution in [-0.2, 0) is 0 Å². The fraction of sp³-hybridized carbons (Fsp3) is 0. The highest BCUT2D eigenvalue weighted by molar-refractivity contribution is 6.10. The monoisotopic (exact) mass is 305 g/mol. The van der Waals surface area contributed by atoms with Gasteiger partial charge in [0.1, 0.15) is 5.69 Å². The van der Waals surface area contributed by atoms with Gasteiger partial charge >= 0.3 is 0 Å². The molecule has 0 fully saturated rings. The minimum absolute atomic E-state index is 0.255. The van der Waals surface area contributed by atoms with Gasteiger partial charge in [-0.15, -0.1) is 0 Å². The summed E-state index contributed by atoms with van der Waals surface area (Å²) >= 11 is 0. The molecule has 0 aliphatic rings. The Morgan fingerprint density at radius 2 is 1.57 bits per heavy atom. The third-order valence-corrected chi connectivity index (χ3v) is 3.43. The number of carbonyl (C=O) groups is 2. The van der Waals surface area contributed by atoms with Crippen LogP contribution >= 0.6 is 0 Å². The number of aromatic nitrogens is 1. The van der Waals surface area contributed by atoms with Crippen LogP contribution in [0.25, 0.3) is 0 Å². The first-order chi connectivity index (χ1) is 11.2. The van der Waals surface area contributed by atoms with Crippen molar-refractivity contribution in [3.63, 3.8) is 0 Å². The van der Waals surface area contributed by atoms with Crippen molar-refractivity contribution in [2.75, 3.05) is 10.6 Å². The van der Waals surface area contributed by atoms with Gasteiger partial charge in [0.25, 0.3) is 5.91 Å². The molecule has 1 aromatic heterocycles. The van der Waals surface area contributed by atoms with Crippen LogP contribution in [0.3, 0.4) is 0 Å². The maximum absolute atomic E-state index is 12.9. The standard InChI is InChI=1S/C18H15N3O2/c19-13-6-9-16(10-7-13)21(15-4-2-1-3-5-15)18(23)17-11-8-14(12-22)20-17/h1-12,20H,19H2. The highest BCUT2D eigenvalue weighted by Crippen LogP contribution is 2.27. The van der Waals surface area contributed by atoms with Gasteiger partial charge < -0.3 is 10.7 Å². The van der Waals surface area contributed by atoms with Crippen molar-refractivity contribution in [3.8, 4) is 0 Å². The summed E-state index contributed by atoms with van der Waals surface area (Å²) in [5.41, 5.74) is 8.47. The summed E-state index contributed by atoms with van der Waals surface area (Å²) in [5.74, 6) is -0.255. The number of para-hydroxylation sites is 1. The van der Waals surface area contributed by atoms with E-state index in [1.54, 1.807) is 41.3 Å². The number of anilines is 3. The van der Waals surface area contributed by atoms with Crippen LogP contribution < -0.4 is 10.6 Å². The molecule has 0 bridgehead atoms. The van der Waals surface area contributed by atoms with E-state index in [0.29, 0.717) is 29.0 Å². The summed E-state index contributed by atoms with van der Waals surface area (Å²) in [6, 6.07) is 19.5. The number of hydrogen-bond acceptors (Lipinski definition) is 3. The lowest BCUT2D eigenvalue weighted by Gasteiger charge is -2.22. The van der Waals surface area contributed by atoms with Crippen LogP contribution in [0.2, 0.25) is 0 Å². The van der Waals surface area contributed by atoms with Crippen molar-refractivity contribution in [2.24, 2.45) is 0 Å². The van der Waals surface area contributed by atoms with Gasteiger partial charge in [0, 0.05) is 17.1 Å². The molecular weight excluding hydrogens is 290 g/mol. The van der Waals surface area contributed by atoms with Crippen molar-refractivity contribution < 1.29 is 9.59 Å². The second-order valence-electron chi connectivity index (χ2n) is 5.01. The van der Waals surface area contributed by atoms with Crippen LogP contribution in [0.1, 0.15) is 21.0 Å². The Balaban J connectivity index is 2.06. The molecular formula is C18H15N3O2. The van der Waals surface area contributed by atoms with E-state index in [9.17, 15) is 9.59 Å². The van der Waals surface area contributed by atoms with Crippen LogP contribution in [0, 0.1) is 0 Å². The molecule has 114 valence electrons. The Morgan fingerprint density at radius 1 is 0.913 bits per heavy atom. The maximum Gasteiger partial charge on any atom is 0.279 e. The zero-order valence-corrected chi connectivity index (χ0v) is 12.3. The lowest BCUT2D eigenvalue weighted by molar-refractivity contribution is 0.0995. The number of nitrogens with one attached hydrogen (secondary N) is 1. The highest BCUT2D eigenvalue weighted by atomic mass is 16.2. The van der Waals surface area contributed by atoms with Gasteiger partial charge in [-0.2, -0.15) is 0 Å². The third kappa shape index (κ3) is 2.98. The molecule has 1 amide bonds. The second-order valence-corrected chi connectivity index (χ2v) is 5.01. The number of rotatable bonds is 4. The van der Waals surface area contributed by atoms with Gasteiger partial charge in [-0.05, 0) is 48.5 Å².